The van der Waals surface area contributed by atoms with Gasteiger partial charge in [-0.2, -0.15) is 0 Å². The van der Waals surface area contributed by atoms with Gasteiger partial charge in [0.15, 0.2) is 5.15 Å². The summed E-state index contributed by atoms with van der Waals surface area (Å²) in [6.07, 6.45) is 1.95. The number of nitrogens with one attached hydrogen (secondary N) is 1. The van der Waals surface area contributed by atoms with E-state index in [1.54, 1.807) is 10.9 Å². The molecule has 0 aliphatic rings. The van der Waals surface area contributed by atoms with Crippen LogP contribution in [0.5, 0.6) is 0 Å². The lowest BCUT2D eigenvalue weighted by Gasteiger charge is -1.99. The van der Waals surface area contributed by atoms with Gasteiger partial charge in [0.05, 0.1) is 17.9 Å². The number of hydrogen-bond acceptors (Lipinski definition) is 2. The van der Waals surface area contributed by atoms with Gasteiger partial charge in [0.1, 0.15) is 0 Å². The molecule has 1 aromatic rings. The van der Waals surface area contributed by atoms with E-state index in [4.69, 9.17) is 22.7 Å². The Morgan fingerprint density at radius 3 is 2.91 bits per heavy atom. The van der Waals surface area contributed by atoms with Crippen molar-refractivity contribution >= 4 is 17.4 Å². The zero-order valence-corrected chi connectivity index (χ0v) is 6.89. The molecule has 5 heteroatoms. The zero-order chi connectivity index (χ0) is 8.43. The maximum atomic E-state index is 7.04. The van der Waals surface area contributed by atoms with Crippen LogP contribution in [-0.2, 0) is 13.5 Å². The minimum Gasteiger partial charge on any atom is -0.387 e. The van der Waals surface area contributed by atoms with Crippen molar-refractivity contribution in [2.24, 2.45) is 12.8 Å². The molecule has 0 unspecified atom stereocenters. The maximum absolute atomic E-state index is 7.04. The molecule has 0 atom stereocenters. The number of nitrogens with two attached hydrogens (primary N) is 1. The van der Waals surface area contributed by atoms with Gasteiger partial charge in [-0.05, 0) is 0 Å². The van der Waals surface area contributed by atoms with Crippen molar-refractivity contribution in [3.63, 3.8) is 0 Å². The second kappa shape index (κ2) is 2.92. The van der Waals surface area contributed by atoms with E-state index in [1.807, 2.05) is 7.05 Å². The summed E-state index contributed by atoms with van der Waals surface area (Å²) in [7, 11) is 1.82. The zero-order valence-electron chi connectivity index (χ0n) is 6.13. The largest absolute Gasteiger partial charge is 0.387 e. The van der Waals surface area contributed by atoms with Crippen LogP contribution in [0.1, 0.15) is 5.69 Å². The smallest absolute Gasteiger partial charge is 0.150 e. The van der Waals surface area contributed by atoms with Crippen molar-refractivity contribution in [3.05, 3.63) is 17.2 Å². The Morgan fingerprint density at radius 2 is 2.55 bits per heavy atom. The molecule has 3 N–H and O–H groups in total. The predicted octanol–water partition coefficient (Wildman–Crippen LogP) is 0.552. The molecular weight excluding hydrogens is 164 g/mol. The van der Waals surface area contributed by atoms with Crippen molar-refractivity contribution in [1.82, 2.24) is 9.55 Å². The van der Waals surface area contributed by atoms with Crippen molar-refractivity contribution in [1.29, 1.82) is 5.41 Å². The van der Waals surface area contributed by atoms with Crippen molar-refractivity contribution in [3.8, 4) is 0 Å². The lowest BCUT2D eigenvalue weighted by Crippen LogP contribution is -2.14. The number of halogens is 1. The summed E-state index contributed by atoms with van der Waals surface area (Å²) in [5, 5.41) is 7.46. The number of aryl methyl sites for hydroxylation is 1. The third kappa shape index (κ3) is 1.71. The first-order chi connectivity index (χ1) is 5.11. The lowest BCUT2D eigenvalue weighted by molar-refractivity contribution is 0.856. The molecule has 0 amide bonds. The molecule has 0 aliphatic carbocycles. The molecule has 0 radical (unpaired) electrons. The van der Waals surface area contributed by atoms with E-state index < -0.39 is 0 Å². The Labute approximate surface area is 69.5 Å². The van der Waals surface area contributed by atoms with Gasteiger partial charge in [-0.1, -0.05) is 11.6 Å². The van der Waals surface area contributed by atoms with E-state index in [0.717, 1.165) is 5.69 Å². The van der Waals surface area contributed by atoms with E-state index in [0.29, 0.717) is 11.6 Å². The van der Waals surface area contributed by atoms with Gasteiger partial charge in [0, 0.05) is 13.5 Å². The second-order valence-electron chi connectivity index (χ2n) is 2.29. The average Bonchev–Trinajstić information content (AvgIpc) is 2.18. The van der Waals surface area contributed by atoms with Gasteiger partial charge in [-0.15, -0.1) is 0 Å². The third-order valence-electron chi connectivity index (χ3n) is 1.37. The van der Waals surface area contributed by atoms with Crippen molar-refractivity contribution < 1.29 is 0 Å². The molecular formula is C6H9ClN4. The second-order valence-corrected chi connectivity index (χ2v) is 2.65. The Morgan fingerprint density at radius 1 is 1.91 bits per heavy atom. The van der Waals surface area contributed by atoms with E-state index in [9.17, 15) is 0 Å². The quantitative estimate of drug-likeness (QED) is 0.506. The SMILES string of the molecule is Cn1cnc(Cl)c1CC(=N)N. The standard InChI is InChI=1S/C6H9ClN4/c1-11-3-10-6(7)4(11)2-5(8)9/h3H,2H2,1H3,(H3,8,9). The van der Waals surface area contributed by atoms with E-state index in [2.05, 4.69) is 4.98 Å². The van der Waals surface area contributed by atoms with E-state index in [1.165, 1.54) is 0 Å². The highest BCUT2D eigenvalue weighted by Crippen LogP contribution is 2.12. The molecule has 11 heavy (non-hydrogen) atoms. The predicted molar refractivity (Wildman–Crippen MR) is 43.8 cm³/mol. The fourth-order valence-electron chi connectivity index (χ4n) is 0.805. The molecule has 0 saturated carbocycles. The molecule has 0 aromatic carbocycles. The van der Waals surface area contributed by atoms with E-state index in [-0.39, 0.29) is 5.84 Å². The first-order valence-electron chi connectivity index (χ1n) is 3.10. The summed E-state index contributed by atoms with van der Waals surface area (Å²) in [5.41, 5.74) is 5.98. The maximum Gasteiger partial charge on any atom is 0.150 e. The number of aromatic nitrogens is 2. The van der Waals surface area contributed by atoms with E-state index >= 15 is 0 Å². The van der Waals surface area contributed by atoms with Crippen LogP contribution in [0.4, 0.5) is 0 Å². The molecule has 1 heterocycles. The van der Waals surface area contributed by atoms with Crippen LogP contribution in [0.2, 0.25) is 5.15 Å². The van der Waals surface area contributed by atoms with Crippen LogP contribution in [0.15, 0.2) is 6.33 Å². The average molecular weight is 173 g/mol. The molecule has 0 spiro atoms. The summed E-state index contributed by atoms with van der Waals surface area (Å²) in [4.78, 5) is 3.85. The van der Waals surface area contributed by atoms with Gasteiger partial charge in [0.2, 0.25) is 0 Å². The summed E-state index contributed by atoms with van der Waals surface area (Å²) in [6.45, 7) is 0. The van der Waals surface area contributed by atoms with Crippen LogP contribution >= 0.6 is 11.6 Å². The van der Waals surface area contributed by atoms with Gasteiger partial charge in [-0.25, -0.2) is 4.98 Å². The van der Waals surface area contributed by atoms with Crippen LogP contribution in [0, 0.1) is 5.41 Å². The molecule has 0 aliphatic heterocycles. The Kier molecular flexibility index (Phi) is 2.14. The molecule has 1 aromatic heterocycles. The summed E-state index contributed by atoms with van der Waals surface area (Å²) < 4.78 is 1.75. The number of hydrogen-bond donors (Lipinski definition) is 2. The lowest BCUT2D eigenvalue weighted by atomic mass is 10.3. The Bertz CT molecular complexity index is 259. The van der Waals surface area contributed by atoms with Gasteiger partial charge >= 0.3 is 0 Å². The highest BCUT2D eigenvalue weighted by molar-refractivity contribution is 6.30. The molecule has 1 rings (SSSR count). The number of nitrogens with zero attached hydrogens (tertiary/aromatic N) is 2. The summed E-state index contributed by atoms with van der Waals surface area (Å²) in [6, 6.07) is 0. The topological polar surface area (TPSA) is 67.7 Å². The highest BCUT2D eigenvalue weighted by Gasteiger charge is 2.06. The number of rotatable bonds is 2. The van der Waals surface area contributed by atoms with Gasteiger partial charge in [-0.3, -0.25) is 5.41 Å². The minimum absolute atomic E-state index is 0.0931. The highest BCUT2D eigenvalue weighted by atomic mass is 35.5. The fraction of sp³-hybridized carbons (Fsp3) is 0.333. The molecule has 4 nitrogen and oxygen atoms in total. The first-order valence-corrected chi connectivity index (χ1v) is 3.47. The summed E-state index contributed by atoms with van der Waals surface area (Å²) in [5.74, 6) is 0.0931. The monoisotopic (exact) mass is 172 g/mol. The number of imidazole rings is 1. The van der Waals surface area contributed by atoms with Crippen molar-refractivity contribution in [2.75, 3.05) is 0 Å². The van der Waals surface area contributed by atoms with Crippen molar-refractivity contribution in [2.45, 2.75) is 6.42 Å². The normalized spacial score (nSPS) is 10.0. The van der Waals surface area contributed by atoms with Gasteiger partial charge < -0.3 is 10.3 Å². The first kappa shape index (κ1) is 8.07. The molecule has 0 fully saturated rings. The third-order valence-corrected chi connectivity index (χ3v) is 1.68. The van der Waals surface area contributed by atoms with Gasteiger partial charge in [0.25, 0.3) is 0 Å². The van der Waals surface area contributed by atoms with Crippen LogP contribution in [-0.4, -0.2) is 15.4 Å². The Hall–Kier alpha value is -1.03. The number of amidine groups is 1. The Balaban J connectivity index is 2.92. The summed E-state index contributed by atoms with van der Waals surface area (Å²) >= 11 is 5.70. The van der Waals surface area contributed by atoms with Crippen LogP contribution in [0.3, 0.4) is 0 Å². The fourth-order valence-corrected chi connectivity index (χ4v) is 1.05. The molecule has 0 bridgehead atoms. The molecule has 60 valence electrons. The van der Waals surface area contributed by atoms with Crippen LogP contribution < -0.4 is 5.73 Å². The van der Waals surface area contributed by atoms with Crippen LogP contribution in [0.25, 0.3) is 0 Å². The minimum atomic E-state index is 0.0931. The molecule has 0 saturated heterocycles.